The fourth-order valence-electron chi connectivity index (χ4n) is 2.51. The van der Waals surface area contributed by atoms with E-state index in [4.69, 9.17) is 5.73 Å². The summed E-state index contributed by atoms with van der Waals surface area (Å²) in [5.74, 6) is -3.22. The number of aromatic hydroxyl groups is 1. The number of phenolic OH excluding ortho intramolecular Hbond substituents is 1. The van der Waals surface area contributed by atoms with Crippen LogP contribution >= 0.6 is 12.6 Å². The summed E-state index contributed by atoms with van der Waals surface area (Å²) in [6.07, 6.45) is -0.00949. The molecule has 0 bridgehead atoms. The second-order valence-electron chi connectivity index (χ2n) is 7.51. The molecule has 3 amide bonds. The summed E-state index contributed by atoms with van der Waals surface area (Å²) in [4.78, 5) is 48.4. The molecule has 4 unspecified atom stereocenters. The normalized spacial score (nSPS) is 14.8. The molecule has 4 atom stereocenters. The van der Waals surface area contributed by atoms with Gasteiger partial charge >= 0.3 is 5.97 Å². The van der Waals surface area contributed by atoms with Gasteiger partial charge in [0.2, 0.25) is 17.7 Å². The first-order valence-electron chi connectivity index (χ1n) is 9.74. The summed E-state index contributed by atoms with van der Waals surface area (Å²) in [7, 11) is 0. The van der Waals surface area contributed by atoms with E-state index in [1.54, 1.807) is 26.0 Å². The number of hydrogen-bond acceptors (Lipinski definition) is 7. The predicted octanol–water partition coefficient (Wildman–Crippen LogP) is -0.593. The summed E-state index contributed by atoms with van der Waals surface area (Å²) in [6, 6.07) is 1.81. The molecule has 0 aliphatic carbocycles. The summed E-state index contributed by atoms with van der Waals surface area (Å²) < 4.78 is 0. The standard InChI is InChI=1S/C20H30N4O6S/c1-10(2)16(21)19(28)24-15(9-31)18(27)22-11(3)17(26)23-14(20(29)30)8-12-4-6-13(25)7-5-12/h4-7,10-11,14-16,25,31H,8-9,21H2,1-3H3,(H,22,27)(H,23,26)(H,24,28)(H,29,30). The van der Waals surface area contributed by atoms with Crippen molar-refractivity contribution in [1.82, 2.24) is 16.0 Å². The van der Waals surface area contributed by atoms with Crippen molar-refractivity contribution >= 4 is 36.3 Å². The van der Waals surface area contributed by atoms with Crippen LogP contribution < -0.4 is 21.7 Å². The van der Waals surface area contributed by atoms with Crippen molar-refractivity contribution in [2.24, 2.45) is 11.7 Å². The van der Waals surface area contributed by atoms with Crippen LogP contribution in [0, 0.1) is 5.92 Å². The van der Waals surface area contributed by atoms with Crippen LogP contribution in [0.4, 0.5) is 0 Å². The average Bonchev–Trinajstić information content (AvgIpc) is 2.71. The number of aliphatic carboxylic acids is 1. The van der Waals surface area contributed by atoms with Crippen molar-refractivity contribution in [1.29, 1.82) is 0 Å². The van der Waals surface area contributed by atoms with Gasteiger partial charge in [-0.15, -0.1) is 0 Å². The number of nitrogens with two attached hydrogens (primary N) is 1. The first kappa shape index (κ1) is 26.2. The average molecular weight is 455 g/mol. The SMILES string of the molecule is CC(NC(=O)C(CS)NC(=O)C(N)C(C)C)C(=O)NC(Cc1ccc(O)cc1)C(=O)O. The number of carboxylic acids is 1. The maximum Gasteiger partial charge on any atom is 0.326 e. The molecular weight excluding hydrogens is 424 g/mol. The lowest BCUT2D eigenvalue weighted by molar-refractivity contribution is -0.142. The quantitative estimate of drug-likeness (QED) is 0.219. The smallest absolute Gasteiger partial charge is 0.326 e. The minimum Gasteiger partial charge on any atom is -0.508 e. The minimum atomic E-state index is -1.25. The fourth-order valence-corrected chi connectivity index (χ4v) is 2.77. The van der Waals surface area contributed by atoms with Crippen LogP contribution in [0.15, 0.2) is 24.3 Å². The number of amides is 3. The highest BCUT2D eigenvalue weighted by Gasteiger charge is 2.28. The van der Waals surface area contributed by atoms with Crippen molar-refractivity contribution in [3.05, 3.63) is 29.8 Å². The lowest BCUT2D eigenvalue weighted by atomic mass is 10.0. The molecule has 0 heterocycles. The van der Waals surface area contributed by atoms with Gasteiger partial charge in [0.15, 0.2) is 0 Å². The minimum absolute atomic E-state index is 0.00949. The van der Waals surface area contributed by atoms with E-state index < -0.39 is 47.9 Å². The zero-order valence-electron chi connectivity index (χ0n) is 17.7. The first-order chi connectivity index (χ1) is 14.5. The Kier molecular flexibility index (Phi) is 10.3. The van der Waals surface area contributed by atoms with Gasteiger partial charge in [0.1, 0.15) is 23.9 Å². The molecule has 7 N–H and O–H groups in total. The zero-order chi connectivity index (χ0) is 23.7. The Hall–Kier alpha value is -2.79. The molecule has 11 heteroatoms. The molecule has 172 valence electrons. The summed E-state index contributed by atoms with van der Waals surface area (Å²) in [5.41, 5.74) is 6.36. The molecule has 10 nitrogen and oxygen atoms in total. The number of nitrogens with one attached hydrogen (secondary N) is 3. The predicted molar refractivity (Wildman–Crippen MR) is 118 cm³/mol. The molecule has 0 saturated carbocycles. The highest BCUT2D eigenvalue weighted by molar-refractivity contribution is 7.80. The van der Waals surface area contributed by atoms with Crippen molar-refractivity contribution in [2.45, 2.75) is 51.4 Å². The van der Waals surface area contributed by atoms with Gasteiger partial charge in [-0.05, 0) is 30.5 Å². The van der Waals surface area contributed by atoms with E-state index in [1.807, 2.05) is 0 Å². The van der Waals surface area contributed by atoms with E-state index in [2.05, 4.69) is 28.6 Å². The maximum absolute atomic E-state index is 12.4. The molecule has 0 aromatic heterocycles. The van der Waals surface area contributed by atoms with Crippen LogP contribution in [-0.2, 0) is 25.6 Å². The number of hydrogen-bond donors (Lipinski definition) is 7. The monoisotopic (exact) mass is 454 g/mol. The van der Waals surface area contributed by atoms with E-state index in [-0.39, 0.29) is 23.8 Å². The highest BCUT2D eigenvalue weighted by Crippen LogP contribution is 2.11. The van der Waals surface area contributed by atoms with Crippen LogP contribution in [-0.4, -0.2) is 63.8 Å². The molecule has 1 aromatic rings. The van der Waals surface area contributed by atoms with Gasteiger partial charge in [-0.3, -0.25) is 14.4 Å². The topological polar surface area (TPSA) is 171 Å². The maximum atomic E-state index is 12.4. The van der Waals surface area contributed by atoms with E-state index >= 15 is 0 Å². The van der Waals surface area contributed by atoms with Crippen LogP contribution in [0.3, 0.4) is 0 Å². The Morgan fingerprint density at radius 3 is 1.97 bits per heavy atom. The number of rotatable bonds is 11. The Morgan fingerprint density at radius 1 is 0.935 bits per heavy atom. The number of carboxylic acid groups (broad SMARTS) is 1. The van der Waals surface area contributed by atoms with Crippen LogP contribution in [0.25, 0.3) is 0 Å². The van der Waals surface area contributed by atoms with Gasteiger partial charge < -0.3 is 31.9 Å². The molecular formula is C20H30N4O6S. The second-order valence-corrected chi connectivity index (χ2v) is 7.88. The summed E-state index contributed by atoms with van der Waals surface area (Å²) in [6.45, 7) is 4.93. The highest BCUT2D eigenvalue weighted by atomic mass is 32.1. The number of thiol groups is 1. The Morgan fingerprint density at radius 2 is 1.48 bits per heavy atom. The molecule has 0 aliphatic heterocycles. The fraction of sp³-hybridized carbons (Fsp3) is 0.500. The largest absolute Gasteiger partial charge is 0.508 e. The summed E-state index contributed by atoms with van der Waals surface area (Å²) in [5, 5.41) is 26.0. The number of benzene rings is 1. The Labute approximate surface area is 186 Å². The lowest BCUT2D eigenvalue weighted by Gasteiger charge is -2.23. The van der Waals surface area contributed by atoms with Crippen LogP contribution in [0.1, 0.15) is 26.3 Å². The molecule has 0 radical (unpaired) electrons. The van der Waals surface area contributed by atoms with Gasteiger partial charge in [-0.2, -0.15) is 12.6 Å². The van der Waals surface area contributed by atoms with Crippen molar-refractivity contribution in [3.63, 3.8) is 0 Å². The number of carbonyl (C=O) groups is 4. The van der Waals surface area contributed by atoms with Crippen LogP contribution in [0.5, 0.6) is 5.75 Å². The molecule has 0 spiro atoms. The van der Waals surface area contributed by atoms with Gasteiger partial charge in [0.25, 0.3) is 0 Å². The van der Waals surface area contributed by atoms with Gasteiger partial charge in [-0.25, -0.2) is 4.79 Å². The zero-order valence-corrected chi connectivity index (χ0v) is 18.6. The third-order valence-electron chi connectivity index (χ3n) is 4.58. The van der Waals surface area contributed by atoms with E-state index in [0.717, 1.165) is 0 Å². The second kappa shape index (κ2) is 12.2. The summed E-state index contributed by atoms with van der Waals surface area (Å²) >= 11 is 4.06. The molecule has 0 aliphatic rings. The van der Waals surface area contributed by atoms with E-state index in [9.17, 15) is 29.4 Å². The number of phenols is 1. The van der Waals surface area contributed by atoms with Gasteiger partial charge in [0.05, 0.1) is 6.04 Å². The van der Waals surface area contributed by atoms with Gasteiger partial charge in [-0.1, -0.05) is 26.0 Å². The van der Waals surface area contributed by atoms with E-state index in [1.165, 1.54) is 19.1 Å². The Balaban J connectivity index is 2.70. The van der Waals surface area contributed by atoms with Crippen molar-refractivity contribution in [3.8, 4) is 5.75 Å². The van der Waals surface area contributed by atoms with E-state index in [0.29, 0.717) is 5.56 Å². The van der Waals surface area contributed by atoms with Crippen molar-refractivity contribution in [2.75, 3.05) is 5.75 Å². The lowest BCUT2D eigenvalue weighted by Crippen LogP contribution is -2.57. The molecule has 0 saturated heterocycles. The number of carbonyl (C=O) groups excluding carboxylic acids is 3. The third kappa shape index (κ3) is 8.46. The van der Waals surface area contributed by atoms with Crippen molar-refractivity contribution < 1.29 is 29.4 Å². The van der Waals surface area contributed by atoms with Gasteiger partial charge in [0, 0.05) is 12.2 Å². The molecule has 1 rings (SSSR count). The molecule has 1 aromatic carbocycles. The Bertz CT molecular complexity index is 786. The molecule has 0 fully saturated rings. The molecule has 31 heavy (non-hydrogen) atoms. The third-order valence-corrected chi connectivity index (χ3v) is 4.94. The van der Waals surface area contributed by atoms with Crippen LogP contribution in [0.2, 0.25) is 0 Å². The first-order valence-corrected chi connectivity index (χ1v) is 10.4.